The fraction of sp³-hybridized carbons (Fsp3) is 0.455. The van der Waals surface area contributed by atoms with Crippen molar-refractivity contribution in [3.05, 3.63) is 39.7 Å². The molecule has 1 aromatic carbocycles. The molecule has 0 aliphatic carbocycles. The molecular weight excluding hydrogens is 259 g/mol. The van der Waals surface area contributed by atoms with Crippen LogP contribution < -0.4 is 5.73 Å². The zero-order valence-corrected chi connectivity index (χ0v) is 10.8. The van der Waals surface area contributed by atoms with E-state index >= 15 is 0 Å². The van der Waals surface area contributed by atoms with Gasteiger partial charge in [0.2, 0.25) is 0 Å². The number of rotatable bonds is 6. The van der Waals surface area contributed by atoms with Crippen molar-refractivity contribution in [1.82, 2.24) is 0 Å². The SMILES string of the molecule is CC(N)CCS(=O)Cc1cc(F)ccc1[N+](=O)[O-]. The molecule has 0 aromatic heterocycles. The predicted molar refractivity (Wildman–Crippen MR) is 68.0 cm³/mol. The molecule has 2 atom stereocenters. The van der Waals surface area contributed by atoms with Crippen molar-refractivity contribution in [2.24, 2.45) is 5.73 Å². The molecule has 1 aromatic rings. The number of hydrogen-bond acceptors (Lipinski definition) is 4. The summed E-state index contributed by atoms with van der Waals surface area (Å²) >= 11 is 0. The predicted octanol–water partition coefficient (Wildman–Crippen LogP) is 1.72. The zero-order valence-electron chi connectivity index (χ0n) is 9.97. The van der Waals surface area contributed by atoms with Crippen molar-refractivity contribution in [2.45, 2.75) is 25.1 Å². The van der Waals surface area contributed by atoms with E-state index in [1.54, 1.807) is 6.92 Å². The molecule has 7 heteroatoms. The maximum absolute atomic E-state index is 13.0. The molecule has 0 bridgehead atoms. The Morgan fingerprint density at radius 2 is 2.22 bits per heavy atom. The quantitative estimate of drug-likeness (QED) is 0.632. The molecule has 1 rings (SSSR count). The molecule has 18 heavy (non-hydrogen) atoms. The van der Waals surface area contributed by atoms with Gasteiger partial charge in [-0.3, -0.25) is 14.3 Å². The number of nitro groups is 1. The standard InChI is InChI=1S/C11H15FN2O3S/c1-8(13)4-5-18(17)7-9-6-10(12)2-3-11(9)14(15)16/h2-3,6,8H,4-5,7,13H2,1H3. The van der Waals surface area contributed by atoms with E-state index in [1.165, 1.54) is 0 Å². The molecule has 2 unspecified atom stereocenters. The highest BCUT2D eigenvalue weighted by Crippen LogP contribution is 2.21. The van der Waals surface area contributed by atoms with Gasteiger partial charge in [-0.1, -0.05) is 0 Å². The molecule has 0 aliphatic heterocycles. The largest absolute Gasteiger partial charge is 0.328 e. The van der Waals surface area contributed by atoms with Crippen molar-refractivity contribution < 1.29 is 13.5 Å². The molecule has 0 radical (unpaired) electrons. The first-order valence-corrected chi connectivity index (χ1v) is 6.92. The van der Waals surface area contributed by atoms with Gasteiger partial charge in [0.15, 0.2) is 0 Å². The third kappa shape index (κ3) is 4.50. The van der Waals surface area contributed by atoms with E-state index in [-0.39, 0.29) is 23.0 Å². The maximum Gasteiger partial charge on any atom is 0.273 e. The number of nitro benzene ring substituents is 1. The Hall–Kier alpha value is -1.34. The molecular formula is C11H15FN2O3S. The first kappa shape index (κ1) is 14.7. The number of nitrogens with zero attached hydrogens (tertiary/aromatic N) is 1. The van der Waals surface area contributed by atoms with Crippen molar-refractivity contribution in [3.8, 4) is 0 Å². The molecule has 0 amide bonds. The first-order valence-electron chi connectivity index (χ1n) is 5.43. The molecule has 0 aliphatic rings. The van der Waals surface area contributed by atoms with Crippen LogP contribution in [0.5, 0.6) is 0 Å². The minimum absolute atomic E-state index is 0.0270. The van der Waals surface area contributed by atoms with Gasteiger partial charge in [0, 0.05) is 34.2 Å². The fourth-order valence-electron chi connectivity index (χ4n) is 1.41. The van der Waals surface area contributed by atoms with Gasteiger partial charge in [-0.25, -0.2) is 4.39 Å². The highest BCUT2D eigenvalue weighted by molar-refractivity contribution is 7.84. The Morgan fingerprint density at radius 3 is 2.78 bits per heavy atom. The summed E-state index contributed by atoms with van der Waals surface area (Å²) in [6.07, 6.45) is 0.565. The summed E-state index contributed by atoms with van der Waals surface area (Å²) in [7, 11) is -1.28. The van der Waals surface area contributed by atoms with Crippen LogP contribution in [0.1, 0.15) is 18.9 Å². The molecule has 0 spiro atoms. The lowest BCUT2D eigenvalue weighted by Crippen LogP contribution is -2.18. The van der Waals surface area contributed by atoms with Crippen molar-refractivity contribution in [1.29, 1.82) is 0 Å². The van der Waals surface area contributed by atoms with E-state index in [0.29, 0.717) is 12.2 Å². The van der Waals surface area contributed by atoms with Crippen LogP contribution in [0.2, 0.25) is 0 Å². The average Bonchev–Trinajstić information content (AvgIpc) is 2.26. The van der Waals surface area contributed by atoms with Crippen LogP contribution >= 0.6 is 0 Å². The lowest BCUT2D eigenvalue weighted by atomic mass is 10.2. The molecule has 2 N–H and O–H groups in total. The Morgan fingerprint density at radius 1 is 1.56 bits per heavy atom. The third-order valence-corrected chi connectivity index (χ3v) is 3.68. The highest BCUT2D eigenvalue weighted by atomic mass is 32.2. The van der Waals surface area contributed by atoms with Crippen molar-refractivity contribution in [3.63, 3.8) is 0 Å². The minimum atomic E-state index is -1.28. The fourth-order valence-corrected chi connectivity index (χ4v) is 2.77. The van der Waals surface area contributed by atoms with E-state index in [0.717, 1.165) is 18.2 Å². The van der Waals surface area contributed by atoms with Crippen molar-refractivity contribution >= 4 is 16.5 Å². The summed E-state index contributed by atoms with van der Waals surface area (Å²) in [5.74, 6) is -0.244. The summed E-state index contributed by atoms with van der Waals surface area (Å²) < 4.78 is 24.7. The molecule has 0 fully saturated rings. The number of hydrogen-bond donors (Lipinski definition) is 1. The van der Waals surface area contributed by atoms with Crippen LogP contribution in [0.15, 0.2) is 18.2 Å². The monoisotopic (exact) mass is 274 g/mol. The lowest BCUT2D eigenvalue weighted by molar-refractivity contribution is -0.385. The van der Waals surface area contributed by atoms with Gasteiger partial charge in [-0.15, -0.1) is 0 Å². The lowest BCUT2D eigenvalue weighted by Gasteiger charge is -2.06. The number of benzene rings is 1. The van der Waals surface area contributed by atoms with E-state index < -0.39 is 21.5 Å². The van der Waals surface area contributed by atoms with Gasteiger partial charge >= 0.3 is 0 Å². The van der Waals surface area contributed by atoms with Gasteiger partial charge in [-0.2, -0.15) is 0 Å². The van der Waals surface area contributed by atoms with Crippen LogP contribution in [-0.2, 0) is 16.6 Å². The summed E-state index contributed by atoms with van der Waals surface area (Å²) in [6, 6.07) is 3.10. The van der Waals surface area contributed by atoms with Crippen LogP contribution in [0.4, 0.5) is 10.1 Å². The Labute approximate surface area is 107 Å². The third-order valence-electron chi connectivity index (χ3n) is 2.36. The van der Waals surface area contributed by atoms with Crippen LogP contribution in [0.3, 0.4) is 0 Å². The smallest absolute Gasteiger partial charge is 0.273 e. The molecule has 0 heterocycles. The maximum atomic E-state index is 13.0. The number of halogens is 1. The normalized spacial score (nSPS) is 14.2. The Kier molecular flexibility index (Phi) is 5.36. The highest BCUT2D eigenvalue weighted by Gasteiger charge is 2.16. The minimum Gasteiger partial charge on any atom is -0.328 e. The van der Waals surface area contributed by atoms with Crippen molar-refractivity contribution in [2.75, 3.05) is 5.75 Å². The average molecular weight is 274 g/mol. The van der Waals surface area contributed by atoms with Gasteiger partial charge in [-0.05, 0) is 25.5 Å². The molecule has 0 saturated carbocycles. The summed E-state index contributed by atoms with van der Waals surface area (Å²) in [5, 5.41) is 10.7. The van der Waals surface area contributed by atoms with Gasteiger partial charge in [0.25, 0.3) is 5.69 Å². The molecule has 100 valence electrons. The Bertz CT molecular complexity index is 466. The topological polar surface area (TPSA) is 86.2 Å². The second-order valence-corrected chi connectivity index (χ2v) is 5.66. The first-order chi connectivity index (χ1) is 8.40. The summed E-state index contributed by atoms with van der Waals surface area (Å²) in [6.45, 7) is 1.79. The van der Waals surface area contributed by atoms with Gasteiger partial charge in [0.1, 0.15) is 5.82 Å². The van der Waals surface area contributed by atoms with Gasteiger partial charge < -0.3 is 5.73 Å². The van der Waals surface area contributed by atoms with E-state index in [1.807, 2.05) is 0 Å². The van der Waals surface area contributed by atoms with Crippen LogP contribution in [0, 0.1) is 15.9 Å². The van der Waals surface area contributed by atoms with Gasteiger partial charge in [0.05, 0.1) is 10.7 Å². The summed E-state index contributed by atoms with van der Waals surface area (Å²) in [4.78, 5) is 10.1. The molecule has 0 saturated heterocycles. The second kappa shape index (κ2) is 6.55. The zero-order chi connectivity index (χ0) is 13.7. The Balaban J connectivity index is 2.79. The van der Waals surface area contributed by atoms with Crippen LogP contribution in [-0.4, -0.2) is 20.9 Å². The summed E-state index contributed by atoms with van der Waals surface area (Å²) in [5.41, 5.74) is 5.49. The molecule has 5 nitrogen and oxygen atoms in total. The second-order valence-electron chi connectivity index (χ2n) is 4.08. The number of nitrogens with two attached hydrogens (primary N) is 1. The van der Waals surface area contributed by atoms with E-state index in [9.17, 15) is 18.7 Å². The van der Waals surface area contributed by atoms with E-state index in [4.69, 9.17) is 5.73 Å². The van der Waals surface area contributed by atoms with E-state index in [2.05, 4.69) is 0 Å². The van der Waals surface area contributed by atoms with Crippen LogP contribution in [0.25, 0.3) is 0 Å².